The zero-order valence-corrected chi connectivity index (χ0v) is 12.2. The van der Waals surface area contributed by atoms with Crippen molar-refractivity contribution in [3.05, 3.63) is 54.0 Å². The summed E-state index contributed by atoms with van der Waals surface area (Å²) in [6.45, 7) is 1.15. The Bertz CT molecular complexity index is 661. The van der Waals surface area contributed by atoms with E-state index < -0.39 is 6.43 Å². The Morgan fingerprint density at radius 1 is 1.30 bits per heavy atom. The second kappa shape index (κ2) is 6.78. The van der Waals surface area contributed by atoms with E-state index in [0.29, 0.717) is 31.1 Å². The predicted octanol–water partition coefficient (Wildman–Crippen LogP) is 3.82. The Balaban J connectivity index is 1.65. The maximum absolute atomic E-state index is 12.7. The summed E-state index contributed by atoms with van der Waals surface area (Å²) in [4.78, 5) is 13.9. The van der Waals surface area contributed by atoms with Crippen molar-refractivity contribution < 1.29 is 22.7 Å². The topological polar surface area (TPSA) is 54.7 Å². The minimum Gasteiger partial charge on any atom is -0.467 e. The Morgan fingerprint density at radius 2 is 2.17 bits per heavy atom. The molecule has 2 aromatic rings. The fourth-order valence-electron chi connectivity index (χ4n) is 2.44. The molecule has 0 saturated carbocycles. The summed E-state index contributed by atoms with van der Waals surface area (Å²) in [6.07, 6.45) is -1.34. The molecule has 1 N–H and O–H groups in total. The van der Waals surface area contributed by atoms with E-state index in [2.05, 4.69) is 5.32 Å². The van der Waals surface area contributed by atoms with E-state index in [0.717, 1.165) is 0 Å². The van der Waals surface area contributed by atoms with E-state index in [1.165, 1.54) is 18.2 Å². The molecule has 5 nitrogen and oxygen atoms in total. The molecule has 0 radical (unpaired) electrons. The van der Waals surface area contributed by atoms with Crippen molar-refractivity contribution in [3.63, 3.8) is 0 Å². The Morgan fingerprint density at radius 3 is 2.91 bits per heavy atom. The van der Waals surface area contributed by atoms with Crippen LogP contribution in [0.5, 0.6) is 0 Å². The number of alkyl halides is 2. The molecule has 1 aromatic heterocycles. The highest BCUT2D eigenvalue weighted by molar-refractivity contribution is 5.89. The highest BCUT2D eigenvalue weighted by Gasteiger charge is 2.27. The minimum atomic E-state index is -2.57. The van der Waals surface area contributed by atoms with Crippen LogP contribution in [0.25, 0.3) is 0 Å². The third kappa shape index (κ3) is 3.68. The number of amides is 2. The van der Waals surface area contributed by atoms with E-state index in [9.17, 15) is 13.6 Å². The van der Waals surface area contributed by atoms with Gasteiger partial charge in [-0.25, -0.2) is 13.6 Å². The average Bonchev–Trinajstić information content (AvgIpc) is 3.10. The number of nitrogens with one attached hydrogen (secondary N) is 1. The lowest BCUT2D eigenvalue weighted by molar-refractivity contribution is -0.0242. The normalized spacial score (nSPS) is 18.2. The fourth-order valence-corrected chi connectivity index (χ4v) is 2.44. The van der Waals surface area contributed by atoms with Crippen molar-refractivity contribution in [2.24, 2.45) is 0 Å². The lowest BCUT2D eigenvalue weighted by Crippen LogP contribution is -2.44. The maximum Gasteiger partial charge on any atom is 0.322 e. The predicted molar refractivity (Wildman–Crippen MR) is 79.4 cm³/mol. The number of ether oxygens (including phenoxy) is 1. The molecule has 1 aromatic carbocycles. The summed E-state index contributed by atoms with van der Waals surface area (Å²) in [5, 5.41) is 2.64. The molecule has 1 aliphatic heterocycles. The molecule has 1 aliphatic rings. The molecule has 3 rings (SSSR count). The number of nitrogens with zero attached hydrogens (tertiary/aromatic N) is 1. The number of urea groups is 1. The Labute approximate surface area is 131 Å². The van der Waals surface area contributed by atoms with Crippen LogP contribution in [0.15, 0.2) is 47.1 Å². The first-order valence-corrected chi connectivity index (χ1v) is 7.22. The third-order valence-corrected chi connectivity index (χ3v) is 3.60. The van der Waals surface area contributed by atoms with Crippen LogP contribution in [0, 0.1) is 0 Å². The summed E-state index contributed by atoms with van der Waals surface area (Å²) in [5.41, 5.74) is 0.215. The zero-order chi connectivity index (χ0) is 16.2. The fraction of sp³-hybridized carbons (Fsp3) is 0.312. The largest absolute Gasteiger partial charge is 0.467 e. The van der Waals surface area contributed by atoms with Crippen LogP contribution in [0.3, 0.4) is 0 Å². The highest BCUT2D eigenvalue weighted by atomic mass is 19.3. The van der Waals surface area contributed by atoms with E-state index in [4.69, 9.17) is 9.15 Å². The zero-order valence-electron chi connectivity index (χ0n) is 12.2. The van der Waals surface area contributed by atoms with Gasteiger partial charge in [-0.1, -0.05) is 12.1 Å². The van der Waals surface area contributed by atoms with Crippen molar-refractivity contribution in [1.29, 1.82) is 0 Å². The summed E-state index contributed by atoms with van der Waals surface area (Å²) < 4.78 is 36.3. The number of hydrogen-bond acceptors (Lipinski definition) is 3. The summed E-state index contributed by atoms with van der Waals surface area (Å²) in [7, 11) is 0. The number of carbonyl (C=O) groups excluding carboxylic acids is 1. The molecule has 1 fully saturated rings. The second-order valence-corrected chi connectivity index (χ2v) is 5.18. The molecular formula is C16H16F2N2O3. The van der Waals surface area contributed by atoms with E-state index in [1.54, 1.807) is 29.4 Å². The molecule has 0 bridgehead atoms. The monoisotopic (exact) mass is 322 g/mol. The number of anilines is 1. The molecule has 0 spiro atoms. The number of halogens is 2. The van der Waals surface area contributed by atoms with Crippen molar-refractivity contribution in [2.75, 3.05) is 25.0 Å². The molecule has 7 heteroatoms. The summed E-state index contributed by atoms with van der Waals surface area (Å²) >= 11 is 0. The van der Waals surface area contributed by atoms with Gasteiger partial charge < -0.3 is 19.4 Å². The number of hydrogen-bond donors (Lipinski definition) is 1. The lowest BCUT2D eigenvalue weighted by atomic mass is 10.2. The van der Waals surface area contributed by atoms with E-state index in [-0.39, 0.29) is 17.7 Å². The SMILES string of the molecule is O=C(Nc1cccc(C(F)F)c1)N1CCO[C@H](c2ccco2)C1. The van der Waals surface area contributed by atoms with Gasteiger partial charge in [0.05, 0.1) is 19.4 Å². The van der Waals surface area contributed by atoms with Crippen LogP contribution in [-0.4, -0.2) is 30.6 Å². The van der Waals surface area contributed by atoms with Crippen LogP contribution >= 0.6 is 0 Å². The van der Waals surface area contributed by atoms with E-state index >= 15 is 0 Å². The van der Waals surface area contributed by atoms with Crippen LogP contribution in [0.2, 0.25) is 0 Å². The number of rotatable bonds is 3. The van der Waals surface area contributed by atoms with Gasteiger partial charge >= 0.3 is 6.03 Å². The van der Waals surface area contributed by atoms with Gasteiger partial charge in [0.15, 0.2) is 0 Å². The molecule has 2 heterocycles. The summed E-state index contributed by atoms with van der Waals surface area (Å²) in [6, 6.07) is 8.85. The van der Waals surface area contributed by atoms with Gasteiger partial charge in [0, 0.05) is 17.8 Å². The number of carbonyl (C=O) groups is 1. The van der Waals surface area contributed by atoms with Gasteiger partial charge in [-0.05, 0) is 24.3 Å². The molecule has 1 saturated heterocycles. The maximum atomic E-state index is 12.7. The highest BCUT2D eigenvalue weighted by Crippen LogP contribution is 2.24. The van der Waals surface area contributed by atoms with Crippen LogP contribution in [0.1, 0.15) is 23.9 Å². The number of benzene rings is 1. The van der Waals surface area contributed by atoms with Gasteiger partial charge in [0.1, 0.15) is 11.9 Å². The van der Waals surface area contributed by atoms with Gasteiger partial charge in [-0.15, -0.1) is 0 Å². The minimum absolute atomic E-state index is 0.127. The van der Waals surface area contributed by atoms with Crippen molar-refractivity contribution in [1.82, 2.24) is 4.90 Å². The average molecular weight is 322 g/mol. The van der Waals surface area contributed by atoms with E-state index in [1.807, 2.05) is 0 Å². The van der Waals surface area contributed by atoms with Crippen molar-refractivity contribution in [3.8, 4) is 0 Å². The molecular weight excluding hydrogens is 306 g/mol. The van der Waals surface area contributed by atoms with Gasteiger partial charge in [0.25, 0.3) is 6.43 Å². The molecule has 0 unspecified atom stereocenters. The number of furan rings is 1. The summed E-state index contributed by atoms with van der Waals surface area (Å²) in [5.74, 6) is 0.655. The van der Waals surface area contributed by atoms with Crippen LogP contribution in [-0.2, 0) is 4.74 Å². The van der Waals surface area contributed by atoms with Crippen LogP contribution < -0.4 is 5.32 Å². The lowest BCUT2D eigenvalue weighted by Gasteiger charge is -2.32. The number of morpholine rings is 1. The van der Waals surface area contributed by atoms with Crippen LogP contribution in [0.4, 0.5) is 19.3 Å². The first kappa shape index (κ1) is 15.5. The molecule has 23 heavy (non-hydrogen) atoms. The standard InChI is InChI=1S/C16H16F2N2O3/c17-15(18)11-3-1-4-12(9-11)19-16(21)20-6-8-23-14(10-20)13-5-2-7-22-13/h1-5,7,9,14-15H,6,8,10H2,(H,19,21)/t14-/m0/s1. The first-order valence-electron chi connectivity index (χ1n) is 7.22. The second-order valence-electron chi connectivity index (χ2n) is 5.18. The molecule has 122 valence electrons. The quantitative estimate of drug-likeness (QED) is 0.934. The van der Waals surface area contributed by atoms with Gasteiger partial charge in [-0.3, -0.25) is 0 Å². The van der Waals surface area contributed by atoms with Gasteiger partial charge in [-0.2, -0.15) is 0 Å². The van der Waals surface area contributed by atoms with Crippen molar-refractivity contribution in [2.45, 2.75) is 12.5 Å². The van der Waals surface area contributed by atoms with Gasteiger partial charge in [0.2, 0.25) is 0 Å². The first-order chi connectivity index (χ1) is 11.1. The smallest absolute Gasteiger partial charge is 0.322 e. The molecule has 2 amide bonds. The molecule has 1 atom stereocenters. The third-order valence-electron chi connectivity index (χ3n) is 3.60. The Kier molecular flexibility index (Phi) is 4.57. The Hall–Kier alpha value is -2.41. The van der Waals surface area contributed by atoms with Crippen molar-refractivity contribution >= 4 is 11.7 Å². The molecule has 0 aliphatic carbocycles.